The van der Waals surface area contributed by atoms with Crippen molar-refractivity contribution >= 4 is 49.0 Å². The SMILES string of the molecule is COC(=O)c1cc2cc(NC(=O)CN(Cc3ccc(C)cc3)S(=O)(=O)c3ccc(C)cc3)ccc2s1. The van der Waals surface area contributed by atoms with Crippen LogP contribution in [0.25, 0.3) is 10.1 Å². The molecule has 1 N–H and O–H groups in total. The van der Waals surface area contributed by atoms with Gasteiger partial charge in [0.2, 0.25) is 15.9 Å². The first kappa shape index (κ1) is 25.6. The van der Waals surface area contributed by atoms with Gasteiger partial charge >= 0.3 is 5.97 Å². The van der Waals surface area contributed by atoms with Crippen molar-refractivity contribution in [3.05, 3.63) is 94.4 Å². The highest BCUT2D eigenvalue weighted by Crippen LogP contribution is 2.29. The zero-order valence-electron chi connectivity index (χ0n) is 20.1. The summed E-state index contributed by atoms with van der Waals surface area (Å²) in [5, 5.41) is 3.57. The number of rotatable bonds is 8. The quantitative estimate of drug-likeness (QED) is 0.324. The van der Waals surface area contributed by atoms with E-state index in [-0.39, 0.29) is 18.0 Å². The molecule has 0 bridgehead atoms. The predicted molar refractivity (Wildman–Crippen MR) is 142 cm³/mol. The summed E-state index contributed by atoms with van der Waals surface area (Å²) >= 11 is 1.30. The Morgan fingerprint density at radius 3 is 2.19 bits per heavy atom. The second-order valence-electron chi connectivity index (χ2n) is 8.47. The molecule has 0 spiro atoms. The number of hydrogen-bond acceptors (Lipinski definition) is 6. The first-order valence-electron chi connectivity index (χ1n) is 11.2. The summed E-state index contributed by atoms with van der Waals surface area (Å²) in [5.74, 6) is -0.893. The van der Waals surface area contributed by atoms with Crippen molar-refractivity contribution in [1.29, 1.82) is 0 Å². The maximum atomic E-state index is 13.5. The number of aryl methyl sites for hydroxylation is 2. The number of esters is 1. The lowest BCUT2D eigenvalue weighted by Crippen LogP contribution is -2.37. The van der Waals surface area contributed by atoms with Crippen LogP contribution in [0.3, 0.4) is 0 Å². The van der Waals surface area contributed by atoms with Gasteiger partial charge in [-0.3, -0.25) is 4.79 Å². The molecule has 3 aromatic carbocycles. The molecule has 1 heterocycles. The van der Waals surface area contributed by atoms with Gasteiger partial charge in [0, 0.05) is 16.9 Å². The molecule has 4 rings (SSSR count). The third-order valence-corrected chi connectivity index (χ3v) is 8.55. The smallest absolute Gasteiger partial charge is 0.348 e. The van der Waals surface area contributed by atoms with Gasteiger partial charge in [0.1, 0.15) is 4.88 Å². The highest BCUT2D eigenvalue weighted by atomic mass is 32.2. The van der Waals surface area contributed by atoms with Crippen molar-refractivity contribution in [2.24, 2.45) is 0 Å². The van der Waals surface area contributed by atoms with Gasteiger partial charge in [-0.05, 0) is 61.2 Å². The van der Waals surface area contributed by atoms with E-state index < -0.39 is 21.9 Å². The lowest BCUT2D eigenvalue weighted by molar-refractivity contribution is -0.116. The Morgan fingerprint density at radius 1 is 0.917 bits per heavy atom. The van der Waals surface area contributed by atoms with Crippen LogP contribution < -0.4 is 5.32 Å². The highest BCUT2D eigenvalue weighted by Gasteiger charge is 2.27. The van der Waals surface area contributed by atoms with E-state index in [0.29, 0.717) is 10.6 Å². The van der Waals surface area contributed by atoms with Crippen LogP contribution in [0.5, 0.6) is 0 Å². The zero-order valence-corrected chi connectivity index (χ0v) is 21.8. The molecule has 9 heteroatoms. The minimum absolute atomic E-state index is 0.0516. The van der Waals surface area contributed by atoms with Crippen LogP contribution in [0.15, 0.2) is 77.7 Å². The highest BCUT2D eigenvalue weighted by molar-refractivity contribution is 7.89. The monoisotopic (exact) mass is 522 g/mol. The Kier molecular flexibility index (Phi) is 7.53. The van der Waals surface area contributed by atoms with Gasteiger partial charge in [-0.15, -0.1) is 11.3 Å². The number of hydrogen-bond donors (Lipinski definition) is 1. The normalized spacial score (nSPS) is 11.6. The van der Waals surface area contributed by atoms with Gasteiger partial charge in [-0.1, -0.05) is 47.5 Å². The Balaban J connectivity index is 1.57. The Hall–Kier alpha value is -3.53. The fraction of sp³-hybridized carbons (Fsp3) is 0.185. The van der Waals surface area contributed by atoms with Gasteiger partial charge < -0.3 is 10.1 Å². The molecule has 0 saturated carbocycles. The molecule has 0 aliphatic carbocycles. The molecule has 0 aliphatic rings. The summed E-state index contributed by atoms with van der Waals surface area (Å²) < 4.78 is 33.8. The van der Waals surface area contributed by atoms with E-state index in [1.807, 2.05) is 38.1 Å². The lowest BCUT2D eigenvalue weighted by atomic mass is 10.1. The zero-order chi connectivity index (χ0) is 25.9. The molecule has 186 valence electrons. The van der Waals surface area contributed by atoms with E-state index in [4.69, 9.17) is 4.74 Å². The van der Waals surface area contributed by atoms with Crippen molar-refractivity contribution in [3.63, 3.8) is 0 Å². The number of amides is 1. The minimum Gasteiger partial charge on any atom is -0.465 e. The van der Waals surface area contributed by atoms with Crippen molar-refractivity contribution in [2.45, 2.75) is 25.3 Å². The molecule has 7 nitrogen and oxygen atoms in total. The molecule has 0 unspecified atom stereocenters. The summed E-state index contributed by atoms with van der Waals surface area (Å²) in [6, 6.07) is 21.1. The van der Waals surface area contributed by atoms with Gasteiger partial charge in [0.25, 0.3) is 0 Å². The lowest BCUT2D eigenvalue weighted by Gasteiger charge is -2.22. The maximum Gasteiger partial charge on any atom is 0.348 e. The first-order valence-corrected chi connectivity index (χ1v) is 13.5. The number of carbonyl (C=O) groups is 2. The van der Waals surface area contributed by atoms with Crippen molar-refractivity contribution in [3.8, 4) is 0 Å². The summed E-state index contributed by atoms with van der Waals surface area (Å²) in [4.78, 5) is 25.4. The van der Waals surface area contributed by atoms with Crippen LogP contribution in [-0.4, -0.2) is 38.3 Å². The molecule has 0 atom stereocenters. The predicted octanol–water partition coefficient (Wildman–Crippen LogP) is 5.13. The van der Waals surface area contributed by atoms with Gasteiger partial charge in [-0.2, -0.15) is 4.31 Å². The number of carbonyl (C=O) groups excluding carboxylic acids is 2. The standard InChI is InChI=1S/C27H26N2O5S2/c1-18-4-8-20(9-5-18)16-29(36(32,33)23-11-6-19(2)7-12-23)17-26(30)28-22-10-13-24-21(14-22)15-25(35-24)27(31)34-3/h4-15H,16-17H2,1-3H3,(H,28,30). The van der Waals surface area contributed by atoms with Gasteiger partial charge in [0.05, 0.1) is 18.6 Å². The Morgan fingerprint density at radius 2 is 1.56 bits per heavy atom. The van der Waals surface area contributed by atoms with E-state index in [1.54, 1.807) is 48.5 Å². The van der Waals surface area contributed by atoms with E-state index in [2.05, 4.69) is 5.32 Å². The van der Waals surface area contributed by atoms with Crippen molar-refractivity contribution in [2.75, 3.05) is 19.0 Å². The molecular formula is C27H26N2O5S2. The van der Waals surface area contributed by atoms with Crippen LogP contribution in [-0.2, 0) is 26.1 Å². The average Bonchev–Trinajstić information content (AvgIpc) is 3.28. The molecule has 0 aliphatic heterocycles. The number of thiophene rings is 1. The largest absolute Gasteiger partial charge is 0.465 e. The summed E-state index contributed by atoms with van der Waals surface area (Å²) in [7, 11) is -2.61. The van der Waals surface area contributed by atoms with Crippen LogP contribution in [0, 0.1) is 13.8 Å². The molecular weight excluding hydrogens is 496 g/mol. The summed E-state index contributed by atoms with van der Waals surface area (Å²) in [6.07, 6.45) is 0. The van der Waals surface area contributed by atoms with Crippen LogP contribution in [0.4, 0.5) is 5.69 Å². The molecule has 1 amide bonds. The van der Waals surface area contributed by atoms with Crippen LogP contribution >= 0.6 is 11.3 Å². The topological polar surface area (TPSA) is 92.8 Å². The second-order valence-corrected chi connectivity index (χ2v) is 11.5. The Bertz CT molecular complexity index is 1510. The summed E-state index contributed by atoms with van der Waals surface area (Å²) in [5.41, 5.74) is 3.28. The van der Waals surface area contributed by atoms with Gasteiger partial charge in [-0.25, -0.2) is 13.2 Å². The van der Waals surface area contributed by atoms with Crippen LogP contribution in [0.1, 0.15) is 26.4 Å². The van der Waals surface area contributed by atoms with Crippen LogP contribution in [0.2, 0.25) is 0 Å². The number of nitrogens with zero attached hydrogens (tertiary/aromatic N) is 1. The molecule has 4 aromatic rings. The van der Waals surface area contributed by atoms with Crippen molar-refractivity contribution < 1.29 is 22.7 Å². The van der Waals surface area contributed by atoms with E-state index in [1.165, 1.54) is 22.8 Å². The van der Waals surface area contributed by atoms with E-state index in [0.717, 1.165) is 26.8 Å². The molecule has 0 saturated heterocycles. The number of sulfonamides is 1. The molecule has 0 fully saturated rings. The van der Waals surface area contributed by atoms with E-state index >= 15 is 0 Å². The number of nitrogens with one attached hydrogen (secondary N) is 1. The second kappa shape index (κ2) is 10.6. The number of anilines is 1. The number of methoxy groups -OCH3 is 1. The Labute approximate surface area is 214 Å². The fourth-order valence-corrected chi connectivity index (χ4v) is 6.01. The first-order chi connectivity index (χ1) is 17.2. The number of ether oxygens (including phenoxy) is 1. The van der Waals surface area contributed by atoms with Gasteiger partial charge in [0.15, 0.2) is 0 Å². The fourth-order valence-electron chi connectivity index (χ4n) is 3.67. The molecule has 36 heavy (non-hydrogen) atoms. The third-order valence-electron chi connectivity index (χ3n) is 5.64. The number of fused-ring (bicyclic) bond motifs is 1. The van der Waals surface area contributed by atoms with Crippen molar-refractivity contribution in [1.82, 2.24) is 4.31 Å². The number of benzene rings is 3. The molecule has 1 aromatic heterocycles. The average molecular weight is 523 g/mol. The molecule has 0 radical (unpaired) electrons. The maximum absolute atomic E-state index is 13.5. The van der Waals surface area contributed by atoms with E-state index in [9.17, 15) is 18.0 Å². The summed E-state index contributed by atoms with van der Waals surface area (Å²) in [6.45, 7) is 3.53. The third kappa shape index (κ3) is 5.81. The minimum atomic E-state index is -3.93.